The van der Waals surface area contributed by atoms with E-state index in [-0.39, 0.29) is 31.3 Å². The van der Waals surface area contributed by atoms with Crippen molar-refractivity contribution < 1.29 is 14.7 Å². The van der Waals surface area contributed by atoms with Gasteiger partial charge >= 0.3 is 5.97 Å². The molecule has 1 rings (SSSR count). The first-order chi connectivity index (χ1) is 6.65. The molecule has 1 saturated carbocycles. The summed E-state index contributed by atoms with van der Waals surface area (Å²) in [4.78, 5) is 23.4. The van der Waals surface area contributed by atoms with Gasteiger partial charge in [0.05, 0.1) is 12.8 Å². The lowest BCUT2D eigenvalue weighted by Crippen LogP contribution is -2.34. The van der Waals surface area contributed by atoms with E-state index in [0.29, 0.717) is 0 Å². The molecule has 0 radical (unpaired) electrons. The van der Waals surface area contributed by atoms with Gasteiger partial charge in [0, 0.05) is 12.6 Å². The van der Waals surface area contributed by atoms with E-state index in [9.17, 15) is 9.59 Å². The Morgan fingerprint density at radius 2 is 2.14 bits per heavy atom. The number of carbonyl (C=O) groups is 2. The van der Waals surface area contributed by atoms with Crippen molar-refractivity contribution in [1.82, 2.24) is 4.90 Å². The van der Waals surface area contributed by atoms with Crippen LogP contribution in [-0.2, 0) is 9.59 Å². The SMILES string of the molecule is C#CCC(=O)N(CCC(=O)O)C1CC1. The van der Waals surface area contributed by atoms with Crippen molar-refractivity contribution in [3.05, 3.63) is 0 Å². The number of carboxylic acid groups (broad SMARTS) is 1. The van der Waals surface area contributed by atoms with Crippen LogP contribution in [0.15, 0.2) is 0 Å². The van der Waals surface area contributed by atoms with Crippen LogP contribution in [0.1, 0.15) is 25.7 Å². The highest BCUT2D eigenvalue weighted by Gasteiger charge is 2.31. The maximum atomic E-state index is 11.4. The molecule has 1 fully saturated rings. The van der Waals surface area contributed by atoms with Crippen LogP contribution in [0, 0.1) is 12.3 Å². The summed E-state index contributed by atoms with van der Waals surface area (Å²) in [7, 11) is 0. The Kier molecular flexibility index (Phi) is 3.52. The van der Waals surface area contributed by atoms with Crippen molar-refractivity contribution in [2.75, 3.05) is 6.54 Å². The molecule has 4 heteroatoms. The Morgan fingerprint density at radius 3 is 2.57 bits per heavy atom. The van der Waals surface area contributed by atoms with Gasteiger partial charge in [-0.2, -0.15) is 0 Å². The fourth-order valence-electron chi connectivity index (χ4n) is 1.30. The number of aliphatic carboxylic acids is 1. The van der Waals surface area contributed by atoms with Crippen molar-refractivity contribution in [1.29, 1.82) is 0 Å². The molecule has 0 aromatic carbocycles. The number of carboxylic acids is 1. The van der Waals surface area contributed by atoms with Crippen molar-refractivity contribution in [2.45, 2.75) is 31.7 Å². The summed E-state index contributed by atoms with van der Waals surface area (Å²) in [5.41, 5.74) is 0. The zero-order chi connectivity index (χ0) is 10.6. The lowest BCUT2D eigenvalue weighted by molar-refractivity contribution is -0.138. The minimum Gasteiger partial charge on any atom is -0.481 e. The Labute approximate surface area is 82.9 Å². The number of carbonyl (C=O) groups excluding carboxylic acids is 1. The van der Waals surface area contributed by atoms with Gasteiger partial charge in [-0.15, -0.1) is 6.42 Å². The number of hydrogen-bond donors (Lipinski definition) is 1. The zero-order valence-electron chi connectivity index (χ0n) is 7.90. The molecule has 1 N–H and O–H groups in total. The third-order valence-corrected chi connectivity index (χ3v) is 2.13. The predicted molar refractivity (Wildman–Crippen MR) is 50.4 cm³/mol. The van der Waals surface area contributed by atoms with Gasteiger partial charge in [-0.3, -0.25) is 9.59 Å². The molecular weight excluding hydrogens is 182 g/mol. The Bertz CT molecular complexity index is 276. The van der Waals surface area contributed by atoms with Crippen LogP contribution in [0.25, 0.3) is 0 Å². The summed E-state index contributed by atoms with van der Waals surface area (Å²) < 4.78 is 0. The first-order valence-corrected chi connectivity index (χ1v) is 4.60. The van der Waals surface area contributed by atoms with Crippen molar-refractivity contribution in [2.24, 2.45) is 0 Å². The Morgan fingerprint density at radius 1 is 1.50 bits per heavy atom. The largest absolute Gasteiger partial charge is 0.481 e. The second kappa shape index (κ2) is 4.66. The van der Waals surface area contributed by atoms with Crippen LogP contribution in [0.5, 0.6) is 0 Å². The molecule has 76 valence electrons. The molecule has 1 amide bonds. The van der Waals surface area contributed by atoms with Crippen molar-refractivity contribution in [3.63, 3.8) is 0 Å². The molecule has 0 aromatic heterocycles. The monoisotopic (exact) mass is 195 g/mol. The third kappa shape index (κ3) is 3.09. The molecule has 0 heterocycles. The second-order valence-electron chi connectivity index (χ2n) is 3.34. The minimum absolute atomic E-state index is 0.00713. The summed E-state index contributed by atoms with van der Waals surface area (Å²) in [6, 6.07) is 0.232. The summed E-state index contributed by atoms with van der Waals surface area (Å²) >= 11 is 0. The smallest absolute Gasteiger partial charge is 0.305 e. The topological polar surface area (TPSA) is 57.6 Å². The molecule has 0 unspecified atom stereocenters. The average Bonchev–Trinajstić information content (AvgIpc) is 2.88. The lowest BCUT2D eigenvalue weighted by Gasteiger charge is -2.20. The van der Waals surface area contributed by atoms with E-state index in [2.05, 4.69) is 5.92 Å². The van der Waals surface area contributed by atoms with E-state index < -0.39 is 5.97 Å². The van der Waals surface area contributed by atoms with Crippen LogP contribution in [-0.4, -0.2) is 34.5 Å². The number of amides is 1. The van der Waals surface area contributed by atoms with Crippen molar-refractivity contribution >= 4 is 11.9 Å². The fourth-order valence-corrected chi connectivity index (χ4v) is 1.30. The molecule has 14 heavy (non-hydrogen) atoms. The van der Waals surface area contributed by atoms with E-state index in [1.165, 1.54) is 0 Å². The molecule has 0 aromatic rings. The van der Waals surface area contributed by atoms with Gasteiger partial charge in [0.25, 0.3) is 0 Å². The molecule has 1 aliphatic rings. The number of hydrogen-bond acceptors (Lipinski definition) is 2. The van der Waals surface area contributed by atoms with Gasteiger partial charge in [-0.1, -0.05) is 5.92 Å². The van der Waals surface area contributed by atoms with E-state index in [1.54, 1.807) is 4.90 Å². The summed E-state index contributed by atoms with van der Waals surface area (Å²) in [5.74, 6) is 1.27. The van der Waals surface area contributed by atoms with E-state index in [4.69, 9.17) is 11.5 Å². The van der Waals surface area contributed by atoms with Crippen LogP contribution < -0.4 is 0 Å². The van der Waals surface area contributed by atoms with Gasteiger partial charge in [-0.05, 0) is 12.8 Å². The van der Waals surface area contributed by atoms with Gasteiger partial charge in [0.2, 0.25) is 5.91 Å². The third-order valence-electron chi connectivity index (χ3n) is 2.13. The zero-order valence-corrected chi connectivity index (χ0v) is 7.90. The van der Waals surface area contributed by atoms with Crippen LogP contribution in [0.3, 0.4) is 0 Å². The Hall–Kier alpha value is -1.50. The number of nitrogens with zero attached hydrogens (tertiary/aromatic N) is 1. The first-order valence-electron chi connectivity index (χ1n) is 4.60. The quantitative estimate of drug-likeness (QED) is 0.649. The summed E-state index contributed by atoms with van der Waals surface area (Å²) in [6.07, 6.45) is 7.02. The van der Waals surface area contributed by atoms with Crippen LogP contribution in [0.2, 0.25) is 0 Å². The summed E-state index contributed by atoms with van der Waals surface area (Å²) in [5, 5.41) is 8.50. The van der Waals surface area contributed by atoms with Crippen LogP contribution in [0.4, 0.5) is 0 Å². The van der Waals surface area contributed by atoms with E-state index in [0.717, 1.165) is 12.8 Å². The molecular formula is C10H13NO3. The highest BCUT2D eigenvalue weighted by Crippen LogP contribution is 2.27. The molecule has 4 nitrogen and oxygen atoms in total. The standard InChI is InChI=1S/C10H13NO3/c1-2-3-9(12)11(8-4-5-8)7-6-10(13)14/h1,8H,3-7H2,(H,13,14). The number of terminal acetylenes is 1. The van der Waals surface area contributed by atoms with Crippen LogP contribution >= 0.6 is 0 Å². The van der Waals surface area contributed by atoms with Gasteiger partial charge in [0.15, 0.2) is 0 Å². The average molecular weight is 195 g/mol. The Balaban J connectivity index is 2.43. The molecule has 0 aliphatic heterocycles. The van der Waals surface area contributed by atoms with E-state index in [1.807, 2.05) is 0 Å². The van der Waals surface area contributed by atoms with Gasteiger partial charge in [-0.25, -0.2) is 0 Å². The minimum atomic E-state index is -0.885. The molecule has 0 saturated heterocycles. The lowest BCUT2D eigenvalue weighted by atomic mass is 10.3. The predicted octanol–water partition coefficient (Wildman–Crippen LogP) is 0.475. The first kappa shape index (κ1) is 10.6. The molecule has 1 aliphatic carbocycles. The maximum Gasteiger partial charge on any atom is 0.305 e. The van der Waals surface area contributed by atoms with Gasteiger partial charge < -0.3 is 10.0 Å². The highest BCUT2D eigenvalue weighted by atomic mass is 16.4. The second-order valence-corrected chi connectivity index (χ2v) is 3.34. The molecule has 0 atom stereocenters. The number of rotatable bonds is 5. The molecule has 0 bridgehead atoms. The van der Waals surface area contributed by atoms with Gasteiger partial charge in [0.1, 0.15) is 0 Å². The van der Waals surface area contributed by atoms with E-state index >= 15 is 0 Å². The normalized spacial score (nSPS) is 14.5. The fraction of sp³-hybridized carbons (Fsp3) is 0.600. The van der Waals surface area contributed by atoms with Crippen molar-refractivity contribution in [3.8, 4) is 12.3 Å². The highest BCUT2D eigenvalue weighted by molar-refractivity contribution is 5.79. The summed E-state index contributed by atoms with van der Waals surface area (Å²) in [6.45, 7) is 0.278. The maximum absolute atomic E-state index is 11.4. The molecule has 0 spiro atoms.